The first-order valence-corrected chi connectivity index (χ1v) is 9.08. The van der Waals surface area contributed by atoms with E-state index in [0.29, 0.717) is 12.6 Å². The van der Waals surface area contributed by atoms with Crippen molar-refractivity contribution in [1.29, 1.82) is 0 Å². The highest BCUT2D eigenvalue weighted by molar-refractivity contribution is 7.09. The van der Waals surface area contributed by atoms with Gasteiger partial charge in [-0.15, -0.1) is 11.3 Å². The van der Waals surface area contributed by atoms with E-state index in [1.54, 1.807) is 11.3 Å². The van der Waals surface area contributed by atoms with Crippen LogP contribution in [-0.4, -0.2) is 61.3 Å². The van der Waals surface area contributed by atoms with Crippen LogP contribution >= 0.6 is 11.3 Å². The minimum absolute atomic E-state index is 0.0892. The lowest BCUT2D eigenvalue weighted by Crippen LogP contribution is -2.53. The molecule has 2 fully saturated rings. The van der Waals surface area contributed by atoms with Crippen LogP contribution in [0.4, 0.5) is 4.79 Å². The van der Waals surface area contributed by atoms with Gasteiger partial charge >= 0.3 is 6.03 Å². The Bertz CT molecular complexity index is 460. The molecule has 1 aromatic rings. The normalized spacial score (nSPS) is 23.5. The first-order chi connectivity index (χ1) is 10.8. The lowest BCUT2D eigenvalue weighted by molar-refractivity contribution is 0.0221. The van der Waals surface area contributed by atoms with E-state index >= 15 is 0 Å². The molecule has 2 aliphatic rings. The molecule has 3 rings (SSSR count). The average Bonchev–Trinajstić information content (AvgIpc) is 3.08. The topological polar surface area (TPSA) is 44.8 Å². The van der Waals surface area contributed by atoms with Crippen LogP contribution in [0.15, 0.2) is 17.5 Å². The number of thiophene rings is 1. The first kappa shape index (κ1) is 15.8. The summed E-state index contributed by atoms with van der Waals surface area (Å²) in [5.74, 6) is 0. The van der Waals surface area contributed by atoms with Gasteiger partial charge in [-0.3, -0.25) is 4.90 Å². The average molecular weight is 323 g/mol. The van der Waals surface area contributed by atoms with Crippen molar-refractivity contribution < 1.29 is 9.53 Å². The molecule has 1 N–H and O–H groups in total. The summed E-state index contributed by atoms with van der Waals surface area (Å²) in [4.78, 5) is 18.2. The molecule has 0 radical (unpaired) electrons. The van der Waals surface area contributed by atoms with Crippen molar-refractivity contribution in [3.05, 3.63) is 22.4 Å². The van der Waals surface area contributed by atoms with Gasteiger partial charge in [0.1, 0.15) is 0 Å². The van der Waals surface area contributed by atoms with Gasteiger partial charge in [0.25, 0.3) is 0 Å². The number of likely N-dealkylation sites (tertiary alicyclic amines) is 1. The monoisotopic (exact) mass is 323 g/mol. The Hall–Kier alpha value is -1.11. The van der Waals surface area contributed by atoms with Gasteiger partial charge in [0, 0.05) is 37.1 Å². The molecule has 0 unspecified atom stereocenters. The summed E-state index contributed by atoms with van der Waals surface area (Å²) >= 11 is 1.69. The van der Waals surface area contributed by atoms with E-state index in [-0.39, 0.29) is 6.03 Å². The minimum atomic E-state index is 0.0892. The summed E-state index contributed by atoms with van der Waals surface area (Å²) in [6.45, 7) is 6.11. The molecule has 5 nitrogen and oxygen atoms in total. The summed E-state index contributed by atoms with van der Waals surface area (Å²) < 4.78 is 5.41. The Kier molecular flexibility index (Phi) is 5.70. The van der Waals surface area contributed by atoms with Crippen LogP contribution in [0.2, 0.25) is 0 Å². The zero-order valence-corrected chi connectivity index (χ0v) is 13.8. The second-order valence-electron chi connectivity index (χ2n) is 5.99. The van der Waals surface area contributed by atoms with Gasteiger partial charge in [-0.25, -0.2) is 4.79 Å². The zero-order chi connectivity index (χ0) is 15.2. The van der Waals surface area contributed by atoms with Gasteiger partial charge in [0.15, 0.2) is 0 Å². The number of carbonyl (C=O) groups excluding carboxylic acids is 1. The highest BCUT2D eigenvalue weighted by atomic mass is 32.1. The summed E-state index contributed by atoms with van der Waals surface area (Å²) in [5.41, 5.74) is 0. The minimum Gasteiger partial charge on any atom is -0.379 e. The maximum Gasteiger partial charge on any atom is 0.317 e. The van der Waals surface area contributed by atoms with E-state index in [4.69, 9.17) is 4.74 Å². The standard InChI is InChI=1S/C16H25N3O2S/c20-16(17-12-15-5-3-11-22-15)19-6-2-1-4-14(19)13-18-7-9-21-10-8-18/h3,5,11,14H,1-2,4,6-10,12-13H2,(H,17,20)/t14-/m0/s1. The Labute approximate surface area is 136 Å². The highest BCUT2D eigenvalue weighted by Gasteiger charge is 2.28. The van der Waals surface area contributed by atoms with Crippen molar-refractivity contribution in [2.75, 3.05) is 39.4 Å². The number of rotatable bonds is 4. The summed E-state index contributed by atoms with van der Waals surface area (Å²) in [5, 5.41) is 5.12. The van der Waals surface area contributed by atoms with E-state index in [9.17, 15) is 4.79 Å². The van der Waals surface area contributed by atoms with E-state index in [0.717, 1.165) is 52.2 Å². The Balaban J connectivity index is 1.52. The molecule has 1 aromatic heterocycles. The molecular weight excluding hydrogens is 298 g/mol. The number of morpholine rings is 1. The number of piperidine rings is 1. The molecule has 6 heteroatoms. The number of amides is 2. The second kappa shape index (κ2) is 7.94. The van der Waals surface area contributed by atoms with Crippen molar-refractivity contribution in [2.45, 2.75) is 31.8 Å². The first-order valence-electron chi connectivity index (χ1n) is 8.20. The van der Waals surface area contributed by atoms with Crippen molar-refractivity contribution >= 4 is 17.4 Å². The van der Waals surface area contributed by atoms with Gasteiger partial charge in [-0.1, -0.05) is 6.07 Å². The molecule has 122 valence electrons. The number of hydrogen-bond donors (Lipinski definition) is 1. The lowest BCUT2D eigenvalue weighted by Gasteiger charge is -2.39. The predicted octanol–water partition coefficient (Wildman–Crippen LogP) is 2.14. The fraction of sp³-hybridized carbons (Fsp3) is 0.688. The molecule has 2 amide bonds. The molecule has 0 aromatic carbocycles. The van der Waals surface area contributed by atoms with Crippen LogP contribution in [0, 0.1) is 0 Å². The van der Waals surface area contributed by atoms with E-state index in [1.807, 2.05) is 16.3 Å². The Morgan fingerprint density at radius 2 is 2.18 bits per heavy atom. The molecule has 0 bridgehead atoms. The van der Waals surface area contributed by atoms with E-state index in [1.165, 1.54) is 11.3 Å². The molecule has 3 heterocycles. The maximum absolute atomic E-state index is 12.5. The number of urea groups is 1. The smallest absolute Gasteiger partial charge is 0.317 e. The van der Waals surface area contributed by atoms with Crippen molar-refractivity contribution in [3.63, 3.8) is 0 Å². The quantitative estimate of drug-likeness (QED) is 0.923. The largest absolute Gasteiger partial charge is 0.379 e. The predicted molar refractivity (Wildman–Crippen MR) is 88.2 cm³/mol. The van der Waals surface area contributed by atoms with Crippen LogP contribution in [-0.2, 0) is 11.3 Å². The third kappa shape index (κ3) is 4.21. The lowest BCUT2D eigenvalue weighted by atomic mass is 10.0. The number of ether oxygens (including phenoxy) is 1. The SMILES string of the molecule is O=C(NCc1cccs1)N1CCCC[C@H]1CN1CCOCC1. The van der Waals surface area contributed by atoms with Crippen molar-refractivity contribution in [3.8, 4) is 0 Å². The number of hydrogen-bond acceptors (Lipinski definition) is 4. The Morgan fingerprint density at radius 3 is 2.95 bits per heavy atom. The molecule has 1 atom stereocenters. The zero-order valence-electron chi connectivity index (χ0n) is 13.0. The molecular formula is C16H25N3O2S. The molecule has 0 spiro atoms. The van der Waals surface area contributed by atoms with Gasteiger partial charge < -0.3 is 15.0 Å². The number of carbonyl (C=O) groups is 1. The fourth-order valence-electron chi connectivity index (χ4n) is 3.22. The third-order valence-electron chi connectivity index (χ3n) is 4.45. The van der Waals surface area contributed by atoms with Gasteiger partial charge in [0.05, 0.1) is 19.8 Å². The van der Waals surface area contributed by atoms with Gasteiger partial charge in [-0.05, 0) is 30.7 Å². The number of nitrogens with zero attached hydrogens (tertiary/aromatic N) is 2. The summed E-state index contributed by atoms with van der Waals surface area (Å²) in [7, 11) is 0. The maximum atomic E-state index is 12.5. The third-order valence-corrected chi connectivity index (χ3v) is 5.33. The van der Waals surface area contributed by atoms with Gasteiger partial charge in [-0.2, -0.15) is 0 Å². The number of nitrogens with one attached hydrogen (secondary N) is 1. The van der Waals surface area contributed by atoms with Crippen LogP contribution in [0.5, 0.6) is 0 Å². The van der Waals surface area contributed by atoms with E-state index in [2.05, 4.69) is 16.3 Å². The van der Waals surface area contributed by atoms with Crippen LogP contribution in [0.1, 0.15) is 24.1 Å². The second-order valence-corrected chi connectivity index (χ2v) is 7.03. The molecule has 0 saturated carbocycles. The molecule has 22 heavy (non-hydrogen) atoms. The molecule has 0 aliphatic carbocycles. The summed E-state index contributed by atoms with van der Waals surface area (Å²) in [6.07, 6.45) is 3.46. The van der Waals surface area contributed by atoms with Crippen LogP contribution in [0.3, 0.4) is 0 Å². The summed E-state index contributed by atoms with van der Waals surface area (Å²) in [6, 6.07) is 4.52. The van der Waals surface area contributed by atoms with Crippen LogP contribution < -0.4 is 5.32 Å². The van der Waals surface area contributed by atoms with Crippen LogP contribution in [0.25, 0.3) is 0 Å². The van der Waals surface area contributed by atoms with Gasteiger partial charge in [0.2, 0.25) is 0 Å². The Morgan fingerprint density at radius 1 is 1.32 bits per heavy atom. The molecule has 2 saturated heterocycles. The van der Waals surface area contributed by atoms with Crippen molar-refractivity contribution in [1.82, 2.24) is 15.1 Å². The van der Waals surface area contributed by atoms with E-state index < -0.39 is 0 Å². The highest BCUT2D eigenvalue weighted by Crippen LogP contribution is 2.19. The molecule has 2 aliphatic heterocycles. The van der Waals surface area contributed by atoms with Crippen molar-refractivity contribution in [2.24, 2.45) is 0 Å². The fourth-order valence-corrected chi connectivity index (χ4v) is 3.86.